The number of halogens is 1. The molecule has 18 heavy (non-hydrogen) atoms. The Hall–Kier alpha value is -1.27. The van der Waals surface area contributed by atoms with Gasteiger partial charge in [0, 0.05) is 22.7 Å². The number of hydrogen-bond acceptors (Lipinski definition) is 5. The standard InChI is InChI=1S/C11H14ClN5S/c1-2-3-4-13-9-6-8(12)10(18)5-7(9)11-14-16-17-15-11/h5-6,13,18H,2-4H2,1H3,(H,14,15,16,17). The molecular weight excluding hydrogens is 270 g/mol. The predicted octanol–water partition coefficient (Wildman–Crippen LogP) is 3.02. The molecule has 0 saturated carbocycles. The lowest BCUT2D eigenvalue weighted by atomic mass is 10.1. The fourth-order valence-electron chi connectivity index (χ4n) is 1.58. The van der Waals surface area contributed by atoms with Gasteiger partial charge in [0.15, 0.2) is 5.82 Å². The molecule has 1 aromatic heterocycles. The molecular formula is C11H14ClN5S. The maximum absolute atomic E-state index is 6.08. The van der Waals surface area contributed by atoms with Gasteiger partial charge in [0.05, 0.1) is 5.02 Å². The van der Waals surface area contributed by atoms with E-state index in [1.54, 1.807) is 0 Å². The predicted molar refractivity (Wildman–Crippen MR) is 75.3 cm³/mol. The number of benzene rings is 1. The van der Waals surface area contributed by atoms with Crippen molar-refractivity contribution in [1.29, 1.82) is 0 Å². The molecule has 1 heterocycles. The van der Waals surface area contributed by atoms with Gasteiger partial charge in [0.2, 0.25) is 0 Å². The van der Waals surface area contributed by atoms with Crippen molar-refractivity contribution in [1.82, 2.24) is 20.6 Å². The minimum Gasteiger partial charge on any atom is -0.384 e. The third kappa shape index (κ3) is 2.94. The van der Waals surface area contributed by atoms with Crippen LogP contribution in [0.2, 0.25) is 5.02 Å². The van der Waals surface area contributed by atoms with Gasteiger partial charge >= 0.3 is 0 Å². The van der Waals surface area contributed by atoms with Crippen LogP contribution in [0.15, 0.2) is 17.0 Å². The molecule has 2 N–H and O–H groups in total. The first-order chi connectivity index (χ1) is 8.72. The van der Waals surface area contributed by atoms with Crippen molar-refractivity contribution in [3.8, 4) is 11.4 Å². The second-order valence-electron chi connectivity index (χ2n) is 3.88. The molecule has 0 amide bonds. The largest absolute Gasteiger partial charge is 0.384 e. The Labute approximate surface area is 116 Å². The quantitative estimate of drug-likeness (QED) is 0.583. The van der Waals surface area contributed by atoms with Crippen molar-refractivity contribution in [2.24, 2.45) is 0 Å². The number of tetrazole rings is 1. The molecule has 0 aliphatic rings. The summed E-state index contributed by atoms with van der Waals surface area (Å²) in [6.07, 6.45) is 2.22. The first-order valence-electron chi connectivity index (χ1n) is 5.73. The van der Waals surface area contributed by atoms with Gasteiger partial charge in [-0.15, -0.1) is 17.7 Å². The summed E-state index contributed by atoms with van der Waals surface area (Å²) >= 11 is 10.4. The van der Waals surface area contributed by atoms with Crippen molar-refractivity contribution in [2.45, 2.75) is 24.7 Å². The molecule has 2 rings (SSSR count). The normalized spacial score (nSPS) is 10.6. The van der Waals surface area contributed by atoms with E-state index in [2.05, 4.69) is 45.5 Å². The summed E-state index contributed by atoms with van der Waals surface area (Å²) in [5.41, 5.74) is 1.77. The lowest BCUT2D eigenvalue weighted by Gasteiger charge is -2.11. The number of unbranched alkanes of at least 4 members (excludes halogenated alkanes) is 1. The van der Waals surface area contributed by atoms with Gasteiger partial charge in [-0.05, 0) is 29.0 Å². The minimum atomic E-state index is 0.598. The Kier molecular flexibility index (Phi) is 4.43. The van der Waals surface area contributed by atoms with Crippen molar-refractivity contribution < 1.29 is 0 Å². The summed E-state index contributed by atoms with van der Waals surface area (Å²) in [4.78, 5) is 0.698. The summed E-state index contributed by atoms with van der Waals surface area (Å²) in [6.45, 7) is 3.03. The van der Waals surface area contributed by atoms with Crippen LogP contribution in [0.5, 0.6) is 0 Å². The van der Waals surface area contributed by atoms with Crippen molar-refractivity contribution in [3.05, 3.63) is 17.2 Å². The van der Waals surface area contributed by atoms with E-state index in [1.807, 2.05) is 12.1 Å². The Morgan fingerprint density at radius 1 is 1.44 bits per heavy atom. The average molecular weight is 284 g/mol. The lowest BCUT2D eigenvalue weighted by Crippen LogP contribution is -2.03. The zero-order valence-corrected chi connectivity index (χ0v) is 11.6. The second kappa shape index (κ2) is 6.06. The van der Waals surface area contributed by atoms with E-state index in [9.17, 15) is 0 Å². The highest BCUT2D eigenvalue weighted by Gasteiger charge is 2.11. The Balaban J connectivity index is 2.33. The smallest absolute Gasteiger partial charge is 0.181 e. The van der Waals surface area contributed by atoms with E-state index in [-0.39, 0.29) is 0 Å². The lowest BCUT2D eigenvalue weighted by molar-refractivity contribution is 0.834. The van der Waals surface area contributed by atoms with E-state index in [4.69, 9.17) is 11.6 Å². The molecule has 0 unspecified atom stereocenters. The molecule has 0 aliphatic carbocycles. The number of H-pyrrole nitrogens is 1. The number of aromatic amines is 1. The number of hydrogen-bond donors (Lipinski definition) is 3. The second-order valence-corrected chi connectivity index (χ2v) is 4.77. The van der Waals surface area contributed by atoms with Crippen LogP contribution in [0.25, 0.3) is 11.4 Å². The van der Waals surface area contributed by atoms with Gasteiger partial charge in [0.1, 0.15) is 0 Å². The van der Waals surface area contributed by atoms with Crippen LogP contribution in [0.4, 0.5) is 5.69 Å². The summed E-state index contributed by atoms with van der Waals surface area (Å²) in [7, 11) is 0. The zero-order chi connectivity index (χ0) is 13.0. The summed E-state index contributed by atoms with van der Waals surface area (Å²) in [6, 6.07) is 3.69. The molecule has 0 bridgehead atoms. The van der Waals surface area contributed by atoms with Gasteiger partial charge in [-0.3, -0.25) is 0 Å². The van der Waals surface area contributed by atoms with E-state index in [1.165, 1.54) is 0 Å². The fraction of sp³-hybridized carbons (Fsp3) is 0.364. The highest BCUT2D eigenvalue weighted by atomic mass is 35.5. The number of anilines is 1. The van der Waals surface area contributed by atoms with E-state index < -0.39 is 0 Å². The van der Waals surface area contributed by atoms with E-state index in [0.29, 0.717) is 15.7 Å². The van der Waals surface area contributed by atoms with Crippen LogP contribution in [-0.4, -0.2) is 27.2 Å². The highest BCUT2D eigenvalue weighted by molar-refractivity contribution is 7.80. The molecule has 0 saturated heterocycles. The monoisotopic (exact) mass is 283 g/mol. The van der Waals surface area contributed by atoms with Gasteiger partial charge in [-0.2, -0.15) is 0 Å². The maximum atomic E-state index is 6.08. The summed E-state index contributed by atoms with van der Waals surface area (Å²) in [5, 5.41) is 17.8. The molecule has 0 atom stereocenters. The first kappa shape index (κ1) is 13.2. The highest BCUT2D eigenvalue weighted by Crippen LogP contribution is 2.32. The fourth-order valence-corrected chi connectivity index (χ4v) is 1.93. The number of thiol groups is 1. The summed E-state index contributed by atoms with van der Waals surface area (Å²) in [5.74, 6) is 0.598. The van der Waals surface area contributed by atoms with E-state index in [0.717, 1.165) is 30.6 Å². The average Bonchev–Trinajstić information content (AvgIpc) is 2.87. The first-order valence-corrected chi connectivity index (χ1v) is 6.55. The SMILES string of the molecule is CCCCNc1cc(Cl)c(S)cc1-c1nnn[nH]1. The van der Waals surface area contributed by atoms with Crippen molar-refractivity contribution in [3.63, 3.8) is 0 Å². The molecule has 96 valence electrons. The molecule has 7 heteroatoms. The van der Waals surface area contributed by atoms with Crippen LogP contribution < -0.4 is 5.32 Å². The van der Waals surface area contributed by atoms with Crippen LogP contribution in [0.1, 0.15) is 19.8 Å². The Bertz CT molecular complexity index is 514. The van der Waals surface area contributed by atoms with Crippen molar-refractivity contribution >= 4 is 29.9 Å². The third-order valence-electron chi connectivity index (χ3n) is 2.53. The van der Waals surface area contributed by atoms with Gasteiger partial charge in [0.25, 0.3) is 0 Å². The van der Waals surface area contributed by atoms with Crippen LogP contribution in [0.3, 0.4) is 0 Å². The Morgan fingerprint density at radius 2 is 2.28 bits per heavy atom. The number of rotatable bonds is 5. The zero-order valence-electron chi connectivity index (χ0n) is 9.94. The van der Waals surface area contributed by atoms with Crippen LogP contribution in [0, 0.1) is 0 Å². The van der Waals surface area contributed by atoms with Gasteiger partial charge < -0.3 is 5.32 Å². The van der Waals surface area contributed by atoms with Gasteiger partial charge in [-0.1, -0.05) is 24.9 Å². The van der Waals surface area contributed by atoms with Gasteiger partial charge in [-0.25, -0.2) is 5.10 Å². The van der Waals surface area contributed by atoms with Crippen LogP contribution in [-0.2, 0) is 0 Å². The summed E-state index contributed by atoms with van der Waals surface area (Å²) < 4.78 is 0. The molecule has 2 aromatic rings. The third-order valence-corrected chi connectivity index (χ3v) is 3.35. The molecule has 0 fully saturated rings. The molecule has 5 nitrogen and oxygen atoms in total. The topological polar surface area (TPSA) is 66.5 Å². The minimum absolute atomic E-state index is 0.598. The number of nitrogens with zero attached hydrogens (tertiary/aromatic N) is 3. The number of aromatic nitrogens is 4. The maximum Gasteiger partial charge on any atom is 0.181 e. The molecule has 1 aromatic carbocycles. The molecule has 0 aliphatic heterocycles. The molecule has 0 radical (unpaired) electrons. The number of nitrogens with one attached hydrogen (secondary N) is 2. The Morgan fingerprint density at radius 3 is 2.94 bits per heavy atom. The van der Waals surface area contributed by atoms with Crippen molar-refractivity contribution in [2.75, 3.05) is 11.9 Å². The molecule has 0 spiro atoms. The van der Waals surface area contributed by atoms with Crippen LogP contribution >= 0.6 is 24.2 Å². The van der Waals surface area contributed by atoms with E-state index >= 15 is 0 Å².